The molecule has 1 aliphatic heterocycles. The van der Waals surface area contributed by atoms with Crippen LogP contribution in [0.3, 0.4) is 0 Å². The number of nitrogens with zero attached hydrogens (tertiary/aromatic N) is 1. The van der Waals surface area contributed by atoms with Crippen molar-refractivity contribution in [2.24, 2.45) is 0 Å². The summed E-state index contributed by atoms with van der Waals surface area (Å²) in [5.74, 6) is 0. The van der Waals surface area contributed by atoms with Crippen molar-refractivity contribution in [2.45, 2.75) is 32.4 Å². The van der Waals surface area contributed by atoms with Crippen LogP contribution in [0.4, 0.5) is 0 Å². The van der Waals surface area contributed by atoms with Crippen LogP contribution >= 0.6 is 0 Å². The fraction of sp³-hybridized carbons (Fsp3) is 0.571. The standard InChI is InChI=1S/C14H22N2/c1-3-15-14-9-10-16(11-14)12(2)13-7-5-4-6-8-13/h4-8,12,14-15H,3,9-11H2,1-2H3/t12-,14+/m1/s1. The maximum absolute atomic E-state index is 3.54. The Morgan fingerprint density at radius 2 is 2.12 bits per heavy atom. The van der Waals surface area contributed by atoms with Crippen molar-refractivity contribution in [3.05, 3.63) is 35.9 Å². The van der Waals surface area contributed by atoms with E-state index in [9.17, 15) is 0 Å². The SMILES string of the molecule is CCN[C@H]1CCN([C@H](C)c2ccccc2)C1. The van der Waals surface area contributed by atoms with Gasteiger partial charge in [-0.1, -0.05) is 37.3 Å². The summed E-state index contributed by atoms with van der Waals surface area (Å²) in [6.07, 6.45) is 1.28. The molecule has 2 rings (SSSR count). The third-order valence-corrected chi connectivity index (χ3v) is 3.54. The minimum atomic E-state index is 0.546. The molecule has 0 aliphatic carbocycles. The molecular weight excluding hydrogens is 196 g/mol. The van der Waals surface area contributed by atoms with Gasteiger partial charge in [0.25, 0.3) is 0 Å². The lowest BCUT2D eigenvalue weighted by Crippen LogP contribution is -2.33. The molecule has 2 nitrogen and oxygen atoms in total. The lowest BCUT2D eigenvalue weighted by molar-refractivity contribution is 0.256. The van der Waals surface area contributed by atoms with Crippen molar-refractivity contribution >= 4 is 0 Å². The first-order valence-electron chi connectivity index (χ1n) is 6.33. The van der Waals surface area contributed by atoms with Gasteiger partial charge in [0.2, 0.25) is 0 Å². The predicted molar refractivity (Wildman–Crippen MR) is 68.5 cm³/mol. The molecular formula is C14H22N2. The van der Waals surface area contributed by atoms with E-state index in [1.165, 1.54) is 25.1 Å². The molecule has 0 unspecified atom stereocenters. The van der Waals surface area contributed by atoms with Crippen molar-refractivity contribution < 1.29 is 0 Å². The molecule has 1 aliphatic rings. The van der Waals surface area contributed by atoms with Gasteiger partial charge in [-0.3, -0.25) is 4.90 Å². The highest BCUT2D eigenvalue weighted by atomic mass is 15.2. The van der Waals surface area contributed by atoms with Crippen LogP contribution in [0.5, 0.6) is 0 Å². The molecule has 0 aromatic heterocycles. The number of nitrogens with one attached hydrogen (secondary N) is 1. The summed E-state index contributed by atoms with van der Waals surface area (Å²) in [6, 6.07) is 12.0. The van der Waals surface area contributed by atoms with Crippen LogP contribution in [-0.2, 0) is 0 Å². The molecule has 0 saturated carbocycles. The summed E-state index contributed by atoms with van der Waals surface area (Å²) in [5.41, 5.74) is 1.43. The van der Waals surface area contributed by atoms with Crippen molar-refractivity contribution in [1.29, 1.82) is 0 Å². The lowest BCUT2D eigenvalue weighted by Gasteiger charge is -2.24. The van der Waals surface area contributed by atoms with E-state index < -0.39 is 0 Å². The maximum Gasteiger partial charge on any atom is 0.0320 e. The fourth-order valence-corrected chi connectivity index (χ4v) is 2.54. The van der Waals surface area contributed by atoms with Crippen molar-refractivity contribution in [1.82, 2.24) is 10.2 Å². The Kier molecular flexibility index (Phi) is 3.97. The summed E-state index contributed by atoms with van der Waals surface area (Å²) >= 11 is 0. The highest BCUT2D eigenvalue weighted by Gasteiger charge is 2.25. The van der Waals surface area contributed by atoms with Gasteiger partial charge in [0.05, 0.1) is 0 Å². The van der Waals surface area contributed by atoms with Crippen molar-refractivity contribution in [3.8, 4) is 0 Å². The van der Waals surface area contributed by atoms with E-state index in [0.29, 0.717) is 12.1 Å². The fourth-order valence-electron chi connectivity index (χ4n) is 2.54. The van der Waals surface area contributed by atoms with E-state index >= 15 is 0 Å². The molecule has 0 amide bonds. The van der Waals surface area contributed by atoms with E-state index in [1.807, 2.05) is 0 Å². The summed E-state index contributed by atoms with van der Waals surface area (Å²) in [7, 11) is 0. The first-order valence-corrected chi connectivity index (χ1v) is 6.33. The molecule has 2 heteroatoms. The first-order chi connectivity index (χ1) is 7.81. The van der Waals surface area contributed by atoms with Gasteiger partial charge in [0, 0.05) is 25.2 Å². The predicted octanol–water partition coefficient (Wildman–Crippen LogP) is 2.43. The van der Waals surface area contributed by atoms with E-state index in [4.69, 9.17) is 0 Å². The molecule has 1 fully saturated rings. The zero-order valence-electron chi connectivity index (χ0n) is 10.3. The lowest BCUT2D eigenvalue weighted by atomic mass is 10.1. The number of hydrogen-bond donors (Lipinski definition) is 1. The van der Waals surface area contributed by atoms with Crippen molar-refractivity contribution in [3.63, 3.8) is 0 Å². The zero-order chi connectivity index (χ0) is 11.4. The van der Waals surface area contributed by atoms with Crippen LogP contribution in [0, 0.1) is 0 Å². The number of likely N-dealkylation sites (N-methyl/N-ethyl adjacent to an activating group) is 1. The third kappa shape index (κ3) is 2.63. The Bertz CT molecular complexity index is 310. The largest absolute Gasteiger partial charge is 0.313 e. The molecule has 2 atom stereocenters. The minimum Gasteiger partial charge on any atom is -0.313 e. The molecule has 1 N–H and O–H groups in total. The molecule has 1 heterocycles. The molecule has 1 saturated heterocycles. The van der Waals surface area contributed by atoms with E-state index in [2.05, 4.69) is 54.4 Å². The van der Waals surface area contributed by atoms with Crippen LogP contribution in [-0.4, -0.2) is 30.6 Å². The van der Waals surface area contributed by atoms with Crippen LogP contribution in [0.2, 0.25) is 0 Å². The van der Waals surface area contributed by atoms with Gasteiger partial charge in [-0.25, -0.2) is 0 Å². The van der Waals surface area contributed by atoms with Gasteiger partial charge in [-0.2, -0.15) is 0 Å². The van der Waals surface area contributed by atoms with Gasteiger partial charge in [0.15, 0.2) is 0 Å². The Hall–Kier alpha value is -0.860. The van der Waals surface area contributed by atoms with Crippen LogP contribution < -0.4 is 5.32 Å². The summed E-state index contributed by atoms with van der Waals surface area (Å²) in [5, 5.41) is 3.54. The molecule has 88 valence electrons. The van der Waals surface area contributed by atoms with E-state index in [0.717, 1.165) is 6.54 Å². The Morgan fingerprint density at radius 1 is 1.38 bits per heavy atom. The second-order valence-corrected chi connectivity index (χ2v) is 4.62. The molecule has 0 radical (unpaired) electrons. The van der Waals surface area contributed by atoms with Crippen LogP contribution in [0.15, 0.2) is 30.3 Å². The second-order valence-electron chi connectivity index (χ2n) is 4.62. The Morgan fingerprint density at radius 3 is 2.81 bits per heavy atom. The third-order valence-electron chi connectivity index (χ3n) is 3.54. The number of benzene rings is 1. The average molecular weight is 218 g/mol. The summed E-state index contributed by atoms with van der Waals surface area (Å²) < 4.78 is 0. The molecule has 16 heavy (non-hydrogen) atoms. The number of likely N-dealkylation sites (tertiary alicyclic amines) is 1. The summed E-state index contributed by atoms with van der Waals surface area (Å²) in [6.45, 7) is 7.97. The smallest absolute Gasteiger partial charge is 0.0320 e. The van der Waals surface area contributed by atoms with Gasteiger partial charge < -0.3 is 5.32 Å². The molecule has 0 bridgehead atoms. The van der Waals surface area contributed by atoms with Crippen LogP contribution in [0.1, 0.15) is 31.9 Å². The number of hydrogen-bond acceptors (Lipinski definition) is 2. The van der Waals surface area contributed by atoms with E-state index in [-0.39, 0.29) is 0 Å². The topological polar surface area (TPSA) is 15.3 Å². The minimum absolute atomic E-state index is 0.546. The highest BCUT2D eigenvalue weighted by Crippen LogP contribution is 2.24. The molecule has 0 spiro atoms. The second kappa shape index (κ2) is 5.46. The quantitative estimate of drug-likeness (QED) is 0.835. The van der Waals surface area contributed by atoms with Gasteiger partial charge >= 0.3 is 0 Å². The van der Waals surface area contributed by atoms with Crippen molar-refractivity contribution in [2.75, 3.05) is 19.6 Å². The van der Waals surface area contributed by atoms with E-state index in [1.54, 1.807) is 0 Å². The monoisotopic (exact) mass is 218 g/mol. The molecule has 1 aromatic rings. The highest BCUT2D eigenvalue weighted by molar-refractivity contribution is 5.18. The van der Waals surface area contributed by atoms with Gasteiger partial charge in [-0.15, -0.1) is 0 Å². The maximum atomic E-state index is 3.54. The van der Waals surface area contributed by atoms with Gasteiger partial charge in [-0.05, 0) is 25.5 Å². The molecule has 1 aromatic carbocycles. The average Bonchev–Trinajstić information content (AvgIpc) is 2.78. The van der Waals surface area contributed by atoms with Gasteiger partial charge in [0.1, 0.15) is 0 Å². The van der Waals surface area contributed by atoms with Crippen LogP contribution in [0.25, 0.3) is 0 Å². The first kappa shape index (κ1) is 11.6. The Labute approximate surface area is 98.7 Å². The summed E-state index contributed by atoms with van der Waals surface area (Å²) in [4.78, 5) is 2.57. The normalized spacial score (nSPS) is 23.5. The zero-order valence-corrected chi connectivity index (χ0v) is 10.3. The Balaban J connectivity index is 1.94. The number of rotatable bonds is 4.